The van der Waals surface area contributed by atoms with Crippen molar-refractivity contribution in [3.8, 4) is 0 Å². The average molecular weight is 237 g/mol. The van der Waals surface area contributed by atoms with Crippen molar-refractivity contribution in [1.29, 1.82) is 0 Å². The Morgan fingerprint density at radius 2 is 2.38 bits per heavy atom. The second kappa shape index (κ2) is 5.84. The number of hydrogen-bond donors (Lipinski definition) is 1. The molecule has 86 valence electrons. The molecule has 2 rings (SSSR count). The van der Waals surface area contributed by atoms with Crippen molar-refractivity contribution < 1.29 is 9.15 Å². The maximum Gasteiger partial charge on any atom is 0.123 e. The Labute approximate surface area is 99.0 Å². The third-order valence-electron chi connectivity index (χ3n) is 2.32. The topological polar surface area (TPSA) is 34.4 Å². The normalized spacial score (nSPS) is 12.8. The van der Waals surface area contributed by atoms with Gasteiger partial charge in [-0.25, -0.2) is 0 Å². The second-order valence-electron chi connectivity index (χ2n) is 3.48. The molecule has 0 amide bonds. The fourth-order valence-corrected chi connectivity index (χ4v) is 2.19. The zero-order valence-electron chi connectivity index (χ0n) is 9.18. The molecule has 16 heavy (non-hydrogen) atoms. The van der Waals surface area contributed by atoms with Gasteiger partial charge in [-0.1, -0.05) is 6.07 Å². The van der Waals surface area contributed by atoms with E-state index in [1.807, 2.05) is 12.1 Å². The van der Waals surface area contributed by atoms with Crippen LogP contribution in [0.5, 0.6) is 0 Å². The Kier molecular flexibility index (Phi) is 4.16. The average Bonchev–Trinajstić information content (AvgIpc) is 2.96. The first-order valence-corrected chi connectivity index (χ1v) is 6.06. The van der Waals surface area contributed by atoms with Gasteiger partial charge in [0.25, 0.3) is 0 Å². The van der Waals surface area contributed by atoms with Crippen molar-refractivity contribution in [3.63, 3.8) is 0 Å². The number of furan rings is 1. The van der Waals surface area contributed by atoms with Crippen molar-refractivity contribution in [1.82, 2.24) is 5.32 Å². The highest BCUT2D eigenvalue weighted by atomic mass is 32.1. The first-order valence-electron chi connectivity index (χ1n) is 5.18. The third-order valence-corrected chi connectivity index (χ3v) is 3.20. The monoisotopic (exact) mass is 237 g/mol. The lowest BCUT2D eigenvalue weighted by atomic mass is 10.2. The number of rotatable bonds is 6. The van der Waals surface area contributed by atoms with E-state index in [-0.39, 0.29) is 6.04 Å². The summed E-state index contributed by atoms with van der Waals surface area (Å²) >= 11 is 1.75. The van der Waals surface area contributed by atoms with Gasteiger partial charge in [0.05, 0.1) is 18.9 Å². The molecule has 0 bridgehead atoms. The summed E-state index contributed by atoms with van der Waals surface area (Å²) in [6.07, 6.45) is 1.69. The Balaban J connectivity index is 1.93. The first kappa shape index (κ1) is 11.4. The van der Waals surface area contributed by atoms with Crippen LogP contribution in [-0.2, 0) is 11.3 Å². The molecule has 0 radical (unpaired) electrons. The molecule has 2 aromatic rings. The van der Waals surface area contributed by atoms with Gasteiger partial charge in [-0.05, 0) is 23.6 Å². The molecule has 0 aliphatic carbocycles. The van der Waals surface area contributed by atoms with Crippen molar-refractivity contribution in [2.24, 2.45) is 0 Å². The lowest BCUT2D eigenvalue weighted by molar-refractivity contribution is 0.156. The summed E-state index contributed by atoms with van der Waals surface area (Å²) in [6.45, 7) is 1.45. The summed E-state index contributed by atoms with van der Waals surface area (Å²) in [6, 6.07) is 8.14. The maximum atomic E-state index is 5.38. The largest absolute Gasteiger partial charge is 0.468 e. The summed E-state index contributed by atoms with van der Waals surface area (Å²) in [5, 5.41) is 5.50. The molecule has 2 heterocycles. The quantitative estimate of drug-likeness (QED) is 0.839. The van der Waals surface area contributed by atoms with Gasteiger partial charge in [0.1, 0.15) is 5.76 Å². The number of ether oxygens (including phenoxy) is 1. The number of nitrogens with one attached hydrogen (secondary N) is 1. The van der Waals surface area contributed by atoms with E-state index in [4.69, 9.17) is 9.15 Å². The SMILES string of the molecule is COCC(NCc1cccs1)c1ccco1. The van der Waals surface area contributed by atoms with E-state index in [0.29, 0.717) is 6.61 Å². The van der Waals surface area contributed by atoms with Crippen LogP contribution >= 0.6 is 11.3 Å². The van der Waals surface area contributed by atoms with Gasteiger partial charge < -0.3 is 14.5 Å². The fraction of sp³-hybridized carbons (Fsp3) is 0.333. The van der Waals surface area contributed by atoms with E-state index in [1.165, 1.54) is 4.88 Å². The van der Waals surface area contributed by atoms with Crippen LogP contribution in [0.25, 0.3) is 0 Å². The Bertz CT molecular complexity index is 383. The van der Waals surface area contributed by atoms with Crippen LogP contribution in [0.3, 0.4) is 0 Å². The van der Waals surface area contributed by atoms with Crippen LogP contribution in [0, 0.1) is 0 Å². The van der Waals surface area contributed by atoms with Crippen molar-refractivity contribution >= 4 is 11.3 Å². The highest BCUT2D eigenvalue weighted by molar-refractivity contribution is 7.09. The van der Waals surface area contributed by atoms with E-state index in [9.17, 15) is 0 Å². The molecular formula is C12H15NO2S. The minimum Gasteiger partial charge on any atom is -0.468 e. The summed E-state index contributed by atoms with van der Waals surface area (Å²) < 4.78 is 10.6. The van der Waals surface area contributed by atoms with Gasteiger partial charge in [0.15, 0.2) is 0 Å². The second-order valence-corrected chi connectivity index (χ2v) is 4.52. The van der Waals surface area contributed by atoms with Gasteiger partial charge in [0.2, 0.25) is 0 Å². The lowest BCUT2D eigenvalue weighted by Gasteiger charge is -2.14. The van der Waals surface area contributed by atoms with Crippen molar-refractivity contribution in [3.05, 3.63) is 46.5 Å². The Morgan fingerprint density at radius 1 is 1.44 bits per heavy atom. The molecule has 0 aliphatic rings. The molecule has 0 spiro atoms. The molecule has 1 atom stereocenters. The van der Waals surface area contributed by atoms with Crippen molar-refractivity contribution in [2.75, 3.05) is 13.7 Å². The molecule has 0 aliphatic heterocycles. The predicted molar refractivity (Wildman–Crippen MR) is 64.5 cm³/mol. The summed E-state index contributed by atoms with van der Waals surface area (Å²) in [4.78, 5) is 1.31. The van der Waals surface area contributed by atoms with Crippen LogP contribution in [0.15, 0.2) is 40.3 Å². The molecule has 0 aromatic carbocycles. The molecule has 3 nitrogen and oxygen atoms in total. The minimum absolute atomic E-state index is 0.113. The van der Waals surface area contributed by atoms with Crippen LogP contribution < -0.4 is 5.32 Å². The van der Waals surface area contributed by atoms with Crippen LogP contribution in [0.4, 0.5) is 0 Å². The van der Waals surface area contributed by atoms with E-state index in [1.54, 1.807) is 24.7 Å². The predicted octanol–water partition coefficient (Wildman–Crippen LogP) is 2.82. The maximum absolute atomic E-state index is 5.38. The summed E-state index contributed by atoms with van der Waals surface area (Å²) in [5.41, 5.74) is 0. The molecule has 0 saturated carbocycles. The van der Waals surface area contributed by atoms with Crippen LogP contribution in [0.2, 0.25) is 0 Å². The van der Waals surface area contributed by atoms with E-state index in [2.05, 4.69) is 22.8 Å². The highest BCUT2D eigenvalue weighted by Crippen LogP contribution is 2.16. The first-order chi connectivity index (χ1) is 7.90. The highest BCUT2D eigenvalue weighted by Gasteiger charge is 2.13. The van der Waals surface area contributed by atoms with Crippen LogP contribution in [0.1, 0.15) is 16.7 Å². The molecule has 0 saturated heterocycles. The molecule has 2 aromatic heterocycles. The summed E-state index contributed by atoms with van der Waals surface area (Å²) in [7, 11) is 1.70. The van der Waals surface area contributed by atoms with Gasteiger partial charge in [-0.2, -0.15) is 0 Å². The minimum atomic E-state index is 0.113. The lowest BCUT2D eigenvalue weighted by Crippen LogP contribution is -2.24. The number of methoxy groups -OCH3 is 1. The zero-order chi connectivity index (χ0) is 11.2. The number of thiophene rings is 1. The third kappa shape index (κ3) is 2.95. The molecule has 4 heteroatoms. The van der Waals surface area contributed by atoms with E-state index < -0.39 is 0 Å². The Hall–Kier alpha value is -1.10. The summed E-state index contributed by atoms with van der Waals surface area (Å²) in [5.74, 6) is 0.915. The van der Waals surface area contributed by atoms with E-state index in [0.717, 1.165) is 12.3 Å². The molecule has 0 fully saturated rings. The molecular weight excluding hydrogens is 222 g/mol. The zero-order valence-corrected chi connectivity index (χ0v) is 10.00. The Morgan fingerprint density at radius 3 is 3.00 bits per heavy atom. The smallest absolute Gasteiger partial charge is 0.123 e. The standard InChI is InChI=1S/C12H15NO2S/c1-14-9-11(12-5-2-6-15-12)13-8-10-4-3-7-16-10/h2-7,11,13H,8-9H2,1H3. The fourth-order valence-electron chi connectivity index (χ4n) is 1.53. The van der Waals surface area contributed by atoms with E-state index >= 15 is 0 Å². The van der Waals surface area contributed by atoms with Gasteiger partial charge in [-0.15, -0.1) is 11.3 Å². The van der Waals surface area contributed by atoms with Gasteiger partial charge in [-0.3, -0.25) is 0 Å². The van der Waals surface area contributed by atoms with Crippen LogP contribution in [-0.4, -0.2) is 13.7 Å². The van der Waals surface area contributed by atoms with Gasteiger partial charge in [0, 0.05) is 18.5 Å². The van der Waals surface area contributed by atoms with Crippen molar-refractivity contribution in [2.45, 2.75) is 12.6 Å². The number of hydrogen-bond acceptors (Lipinski definition) is 4. The molecule has 1 unspecified atom stereocenters. The molecule has 1 N–H and O–H groups in total. The van der Waals surface area contributed by atoms with Gasteiger partial charge >= 0.3 is 0 Å².